The van der Waals surface area contributed by atoms with Crippen molar-refractivity contribution in [1.29, 1.82) is 0 Å². The highest BCUT2D eigenvalue weighted by atomic mass is 16.1. The van der Waals surface area contributed by atoms with E-state index in [0.717, 1.165) is 10.9 Å². The summed E-state index contributed by atoms with van der Waals surface area (Å²) in [5.74, 6) is -0.235. The zero-order valence-electron chi connectivity index (χ0n) is 12.0. The molecule has 1 heterocycles. The van der Waals surface area contributed by atoms with Gasteiger partial charge in [0.25, 0.3) is 5.91 Å². The fraction of sp³-hybridized carbons (Fsp3) is 0.0625. The fourth-order valence-corrected chi connectivity index (χ4v) is 2.15. The lowest BCUT2D eigenvalue weighted by molar-refractivity contribution is 0.0976. The summed E-state index contributed by atoms with van der Waals surface area (Å²) in [6.45, 7) is 0. The maximum absolute atomic E-state index is 12.0. The van der Waals surface area contributed by atoms with Crippen molar-refractivity contribution in [3.63, 3.8) is 0 Å². The number of amides is 1. The Hall–Kier alpha value is -3.15. The van der Waals surface area contributed by atoms with E-state index in [2.05, 4.69) is 15.4 Å². The van der Waals surface area contributed by atoms with E-state index in [1.54, 1.807) is 35.0 Å². The number of aliphatic imine (C=N–C) groups is 1. The highest BCUT2D eigenvalue weighted by molar-refractivity contribution is 6.05. The minimum atomic E-state index is -0.288. The first-order valence-electron chi connectivity index (χ1n) is 6.76. The predicted octanol–water partition coefficient (Wildman–Crippen LogP) is 1.95. The minimum absolute atomic E-state index is 0.0529. The zero-order chi connectivity index (χ0) is 15.5. The van der Waals surface area contributed by atoms with E-state index < -0.39 is 0 Å². The molecule has 6 heteroatoms. The van der Waals surface area contributed by atoms with E-state index in [9.17, 15) is 4.79 Å². The van der Waals surface area contributed by atoms with Crippen LogP contribution in [0.2, 0.25) is 0 Å². The fourth-order valence-electron chi connectivity index (χ4n) is 2.15. The van der Waals surface area contributed by atoms with Gasteiger partial charge in [-0.25, -0.2) is 4.99 Å². The number of aryl methyl sites for hydroxylation is 1. The molecule has 0 aliphatic heterocycles. The van der Waals surface area contributed by atoms with Crippen LogP contribution in [-0.2, 0) is 7.05 Å². The van der Waals surface area contributed by atoms with Gasteiger partial charge in [0.2, 0.25) is 5.96 Å². The molecular formula is C16H15N5O. The van der Waals surface area contributed by atoms with Gasteiger partial charge in [-0.1, -0.05) is 18.2 Å². The number of nitrogens with two attached hydrogens (primary N) is 1. The molecule has 1 aromatic heterocycles. The van der Waals surface area contributed by atoms with Gasteiger partial charge in [-0.3, -0.25) is 14.8 Å². The summed E-state index contributed by atoms with van der Waals surface area (Å²) in [5.41, 5.74) is 7.86. The van der Waals surface area contributed by atoms with Crippen molar-refractivity contribution in [2.45, 2.75) is 0 Å². The second kappa shape index (κ2) is 5.69. The summed E-state index contributed by atoms with van der Waals surface area (Å²) in [5, 5.41) is 7.82. The van der Waals surface area contributed by atoms with Gasteiger partial charge in [0.1, 0.15) is 0 Å². The molecule has 3 rings (SSSR count). The van der Waals surface area contributed by atoms with Crippen LogP contribution in [0.4, 0.5) is 5.69 Å². The molecular weight excluding hydrogens is 278 g/mol. The molecule has 3 aromatic rings. The van der Waals surface area contributed by atoms with Crippen molar-refractivity contribution in [2.75, 3.05) is 0 Å². The summed E-state index contributed by atoms with van der Waals surface area (Å²) in [6.07, 6.45) is 1.90. The number of guanidine groups is 1. The number of nitrogens with one attached hydrogen (secondary N) is 1. The molecule has 22 heavy (non-hydrogen) atoms. The maximum Gasteiger partial charge on any atom is 0.257 e. The third-order valence-corrected chi connectivity index (χ3v) is 3.13. The number of carbonyl (C=O) groups is 1. The Morgan fingerprint density at radius 1 is 1.23 bits per heavy atom. The van der Waals surface area contributed by atoms with Crippen LogP contribution in [0.15, 0.2) is 59.7 Å². The molecule has 0 saturated carbocycles. The number of benzene rings is 2. The molecule has 1 amide bonds. The quantitative estimate of drug-likeness (QED) is 0.559. The summed E-state index contributed by atoms with van der Waals surface area (Å²) in [6, 6.07) is 14.4. The molecule has 0 unspecified atom stereocenters. The molecule has 0 atom stereocenters. The summed E-state index contributed by atoms with van der Waals surface area (Å²) in [4.78, 5) is 16.2. The molecule has 0 aliphatic carbocycles. The maximum atomic E-state index is 12.0. The Balaban J connectivity index is 1.79. The highest BCUT2D eigenvalue weighted by Crippen LogP contribution is 2.19. The van der Waals surface area contributed by atoms with E-state index in [4.69, 9.17) is 5.73 Å². The monoisotopic (exact) mass is 293 g/mol. The molecule has 0 fully saturated rings. The van der Waals surface area contributed by atoms with Crippen LogP contribution in [0.25, 0.3) is 10.9 Å². The lowest BCUT2D eigenvalue weighted by Gasteiger charge is -2.04. The molecule has 2 aromatic carbocycles. The first kappa shape index (κ1) is 13.8. The molecule has 0 bridgehead atoms. The van der Waals surface area contributed by atoms with Gasteiger partial charge in [-0.05, 0) is 30.3 Å². The SMILES string of the molecule is Cn1cc2cc(N=C(N)NC(=O)c3ccccc3)ccc2n1. The molecule has 0 saturated heterocycles. The Morgan fingerprint density at radius 3 is 2.77 bits per heavy atom. The summed E-state index contributed by atoms with van der Waals surface area (Å²) < 4.78 is 1.73. The number of hydrogen-bond acceptors (Lipinski definition) is 3. The largest absolute Gasteiger partial charge is 0.369 e. The van der Waals surface area contributed by atoms with Gasteiger partial charge in [-0.2, -0.15) is 5.10 Å². The number of carbonyl (C=O) groups excluding carboxylic acids is 1. The van der Waals surface area contributed by atoms with Crippen LogP contribution in [0.3, 0.4) is 0 Å². The standard InChI is InChI=1S/C16H15N5O/c1-21-10-12-9-13(7-8-14(12)20-21)18-16(17)19-15(22)11-5-3-2-4-6-11/h2-10H,1H3,(H3,17,18,19,22). The molecule has 0 spiro atoms. The van der Waals surface area contributed by atoms with Gasteiger partial charge in [0.15, 0.2) is 0 Å². The Morgan fingerprint density at radius 2 is 2.00 bits per heavy atom. The van der Waals surface area contributed by atoms with Crippen molar-refractivity contribution >= 4 is 28.5 Å². The molecule has 0 radical (unpaired) electrons. The summed E-state index contributed by atoms with van der Waals surface area (Å²) >= 11 is 0. The second-order valence-electron chi connectivity index (χ2n) is 4.86. The van der Waals surface area contributed by atoms with E-state index in [1.807, 2.05) is 31.4 Å². The molecule has 0 aliphatic rings. The summed E-state index contributed by atoms with van der Waals surface area (Å²) in [7, 11) is 1.86. The van der Waals surface area contributed by atoms with Crippen LogP contribution < -0.4 is 11.1 Å². The first-order valence-corrected chi connectivity index (χ1v) is 6.76. The van der Waals surface area contributed by atoms with Gasteiger partial charge >= 0.3 is 0 Å². The van der Waals surface area contributed by atoms with Crippen molar-refractivity contribution in [2.24, 2.45) is 17.8 Å². The van der Waals surface area contributed by atoms with Gasteiger partial charge in [-0.15, -0.1) is 0 Å². The minimum Gasteiger partial charge on any atom is -0.369 e. The molecule has 3 N–H and O–H groups in total. The van der Waals surface area contributed by atoms with Crippen molar-refractivity contribution < 1.29 is 4.79 Å². The van der Waals surface area contributed by atoms with Crippen LogP contribution >= 0.6 is 0 Å². The normalized spacial score (nSPS) is 11.6. The Bertz CT molecular complexity index is 851. The zero-order valence-corrected chi connectivity index (χ0v) is 12.0. The number of rotatable bonds is 2. The number of aromatic nitrogens is 2. The Labute approximate surface area is 127 Å². The van der Waals surface area contributed by atoms with E-state index >= 15 is 0 Å². The van der Waals surface area contributed by atoms with Gasteiger partial charge in [0, 0.05) is 24.2 Å². The number of nitrogens with zero attached hydrogens (tertiary/aromatic N) is 3. The smallest absolute Gasteiger partial charge is 0.257 e. The number of fused-ring (bicyclic) bond motifs is 1. The lowest BCUT2D eigenvalue weighted by atomic mass is 10.2. The third-order valence-electron chi connectivity index (χ3n) is 3.13. The van der Waals surface area contributed by atoms with Crippen molar-refractivity contribution in [3.8, 4) is 0 Å². The average molecular weight is 293 g/mol. The van der Waals surface area contributed by atoms with Crippen LogP contribution in [0.5, 0.6) is 0 Å². The van der Waals surface area contributed by atoms with Crippen molar-refractivity contribution in [3.05, 3.63) is 60.3 Å². The Kier molecular flexibility index (Phi) is 3.57. The first-order chi connectivity index (χ1) is 10.6. The molecule has 110 valence electrons. The second-order valence-corrected chi connectivity index (χ2v) is 4.86. The van der Waals surface area contributed by atoms with Crippen LogP contribution in [0.1, 0.15) is 10.4 Å². The molecule has 6 nitrogen and oxygen atoms in total. The lowest BCUT2D eigenvalue weighted by Crippen LogP contribution is -2.36. The van der Waals surface area contributed by atoms with E-state index in [1.165, 1.54) is 0 Å². The average Bonchev–Trinajstić information content (AvgIpc) is 2.87. The number of hydrogen-bond donors (Lipinski definition) is 2. The highest BCUT2D eigenvalue weighted by Gasteiger charge is 2.06. The van der Waals surface area contributed by atoms with Crippen LogP contribution in [0, 0.1) is 0 Å². The van der Waals surface area contributed by atoms with Gasteiger partial charge < -0.3 is 5.73 Å². The van der Waals surface area contributed by atoms with E-state index in [0.29, 0.717) is 11.3 Å². The van der Waals surface area contributed by atoms with Crippen LogP contribution in [-0.4, -0.2) is 21.6 Å². The van der Waals surface area contributed by atoms with E-state index in [-0.39, 0.29) is 11.9 Å². The topological polar surface area (TPSA) is 85.3 Å². The van der Waals surface area contributed by atoms with Gasteiger partial charge in [0.05, 0.1) is 11.2 Å². The predicted molar refractivity (Wildman–Crippen MR) is 85.9 cm³/mol. The third kappa shape index (κ3) is 2.95. The van der Waals surface area contributed by atoms with Crippen molar-refractivity contribution in [1.82, 2.24) is 15.1 Å².